The van der Waals surface area contributed by atoms with Crippen LogP contribution in [0.15, 0.2) is 89.8 Å². The molecule has 0 unspecified atom stereocenters. The fraction of sp³-hybridized carbons (Fsp3) is 0.154. The molecular weight excluding hydrogens is 402 g/mol. The maximum absolute atomic E-state index is 12.6. The topological polar surface area (TPSA) is 46.9 Å². The molecule has 3 aromatic carbocycles. The number of benzene rings is 3. The van der Waals surface area contributed by atoms with Crippen molar-refractivity contribution < 1.29 is 4.79 Å². The van der Waals surface area contributed by atoms with Gasteiger partial charge in [-0.05, 0) is 67.4 Å². The van der Waals surface area contributed by atoms with Crippen molar-refractivity contribution in [2.75, 3.05) is 5.32 Å². The largest absolute Gasteiger partial charge is 0.322 e. The van der Waals surface area contributed by atoms with E-state index in [1.165, 1.54) is 10.5 Å². The van der Waals surface area contributed by atoms with Crippen LogP contribution in [0.1, 0.15) is 32.9 Å². The SMILES string of the molecule is Cc1cc(C)n(Cc2ccc(C(=O)Nc3ccc(CSc4ccccc4)cc3)cc2)n1. The highest BCUT2D eigenvalue weighted by Gasteiger charge is 2.08. The summed E-state index contributed by atoms with van der Waals surface area (Å²) in [5.41, 5.74) is 5.91. The molecular formula is C26H25N3OS. The molecule has 156 valence electrons. The Morgan fingerprint density at radius 2 is 1.58 bits per heavy atom. The van der Waals surface area contributed by atoms with Crippen LogP contribution >= 0.6 is 11.8 Å². The van der Waals surface area contributed by atoms with Crippen molar-refractivity contribution in [1.82, 2.24) is 9.78 Å². The Kier molecular flexibility index (Phi) is 6.53. The van der Waals surface area contributed by atoms with Gasteiger partial charge in [-0.15, -0.1) is 11.8 Å². The van der Waals surface area contributed by atoms with Crippen LogP contribution in [0.25, 0.3) is 0 Å². The summed E-state index contributed by atoms with van der Waals surface area (Å²) >= 11 is 1.80. The second-order valence-electron chi connectivity index (χ2n) is 7.53. The Morgan fingerprint density at radius 3 is 2.23 bits per heavy atom. The van der Waals surface area contributed by atoms with Gasteiger partial charge in [-0.1, -0.05) is 42.5 Å². The van der Waals surface area contributed by atoms with Gasteiger partial charge >= 0.3 is 0 Å². The van der Waals surface area contributed by atoms with Crippen LogP contribution in [0.4, 0.5) is 5.69 Å². The predicted octanol–water partition coefficient (Wildman–Crippen LogP) is 6.09. The Morgan fingerprint density at radius 1 is 0.903 bits per heavy atom. The summed E-state index contributed by atoms with van der Waals surface area (Å²) in [6.45, 7) is 4.74. The molecule has 0 radical (unpaired) electrons. The Labute approximate surface area is 187 Å². The number of aromatic nitrogens is 2. The van der Waals surface area contributed by atoms with Gasteiger partial charge < -0.3 is 5.32 Å². The van der Waals surface area contributed by atoms with E-state index in [4.69, 9.17) is 0 Å². The Bertz CT molecular complexity index is 1150. The zero-order valence-corrected chi connectivity index (χ0v) is 18.5. The van der Waals surface area contributed by atoms with E-state index in [0.29, 0.717) is 12.1 Å². The van der Waals surface area contributed by atoms with Crippen LogP contribution in [0.2, 0.25) is 0 Å². The molecule has 31 heavy (non-hydrogen) atoms. The van der Waals surface area contributed by atoms with Crippen LogP contribution in [0.5, 0.6) is 0 Å². The monoisotopic (exact) mass is 427 g/mol. The van der Waals surface area contributed by atoms with Crippen molar-refractivity contribution >= 4 is 23.4 Å². The highest BCUT2D eigenvalue weighted by molar-refractivity contribution is 7.98. The molecule has 0 spiro atoms. The summed E-state index contributed by atoms with van der Waals surface area (Å²) in [4.78, 5) is 13.9. The molecule has 1 aromatic heterocycles. The van der Waals surface area contributed by atoms with E-state index in [1.807, 2.05) is 73.1 Å². The first-order chi connectivity index (χ1) is 15.1. The first kappa shape index (κ1) is 20.9. The van der Waals surface area contributed by atoms with Gasteiger partial charge in [0, 0.05) is 27.6 Å². The number of hydrogen-bond donors (Lipinski definition) is 1. The molecule has 1 amide bonds. The summed E-state index contributed by atoms with van der Waals surface area (Å²) in [6, 6.07) is 28.1. The predicted molar refractivity (Wildman–Crippen MR) is 128 cm³/mol. The number of anilines is 1. The molecule has 0 saturated carbocycles. The van der Waals surface area contributed by atoms with Gasteiger partial charge in [-0.3, -0.25) is 9.48 Å². The summed E-state index contributed by atoms with van der Waals surface area (Å²) in [7, 11) is 0. The number of aryl methyl sites for hydroxylation is 2. The highest BCUT2D eigenvalue weighted by Crippen LogP contribution is 2.23. The van der Waals surface area contributed by atoms with Gasteiger partial charge in [0.05, 0.1) is 12.2 Å². The zero-order valence-electron chi connectivity index (χ0n) is 17.7. The number of carbonyl (C=O) groups is 1. The Hall–Kier alpha value is -3.31. The zero-order chi connectivity index (χ0) is 21.6. The molecule has 4 nitrogen and oxygen atoms in total. The number of carbonyl (C=O) groups excluding carboxylic acids is 1. The maximum atomic E-state index is 12.6. The van der Waals surface area contributed by atoms with Gasteiger partial charge in [-0.25, -0.2) is 0 Å². The fourth-order valence-electron chi connectivity index (χ4n) is 3.34. The molecule has 4 aromatic rings. The quantitative estimate of drug-likeness (QED) is 0.363. The molecule has 0 aliphatic rings. The van der Waals surface area contributed by atoms with Crippen LogP contribution in [0, 0.1) is 13.8 Å². The lowest BCUT2D eigenvalue weighted by Crippen LogP contribution is -2.12. The van der Waals surface area contributed by atoms with Crippen LogP contribution in [-0.2, 0) is 12.3 Å². The summed E-state index contributed by atoms with van der Waals surface area (Å²) in [5.74, 6) is 0.790. The normalized spacial score (nSPS) is 10.8. The van der Waals surface area contributed by atoms with Crippen LogP contribution < -0.4 is 5.32 Å². The summed E-state index contributed by atoms with van der Waals surface area (Å²) < 4.78 is 1.97. The summed E-state index contributed by atoms with van der Waals surface area (Å²) in [6.07, 6.45) is 0. The third-order valence-corrected chi connectivity index (χ3v) is 6.10. The second-order valence-corrected chi connectivity index (χ2v) is 8.58. The van der Waals surface area contributed by atoms with E-state index in [-0.39, 0.29) is 5.91 Å². The van der Waals surface area contributed by atoms with Crippen molar-refractivity contribution in [2.24, 2.45) is 0 Å². The molecule has 5 heteroatoms. The Balaban J connectivity index is 1.33. The van der Waals surface area contributed by atoms with E-state index in [1.54, 1.807) is 11.8 Å². The third-order valence-electron chi connectivity index (χ3n) is 5.01. The van der Waals surface area contributed by atoms with E-state index in [0.717, 1.165) is 28.4 Å². The first-order valence-corrected chi connectivity index (χ1v) is 11.2. The van der Waals surface area contributed by atoms with E-state index in [9.17, 15) is 4.79 Å². The number of nitrogens with zero attached hydrogens (tertiary/aromatic N) is 2. The lowest BCUT2D eigenvalue weighted by atomic mass is 10.1. The average Bonchev–Trinajstić information content (AvgIpc) is 3.11. The van der Waals surface area contributed by atoms with Gasteiger partial charge in [0.1, 0.15) is 0 Å². The van der Waals surface area contributed by atoms with Crippen molar-refractivity contribution in [1.29, 1.82) is 0 Å². The van der Waals surface area contributed by atoms with Gasteiger partial charge in [0.2, 0.25) is 0 Å². The van der Waals surface area contributed by atoms with Crippen LogP contribution in [-0.4, -0.2) is 15.7 Å². The minimum Gasteiger partial charge on any atom is -0.322 e. The minimum atomic E-state index is -0.107. The third kappa shape index (κ3) is 5.64. The molecule has 0 bridgehead atoms. The lowest BCUT2D eigenvalue weighted by molar-refractivity contribution is 0.102. The standard InChI is InChI=1S/C26H25N3OS/c1-19-16-20(2)29(28-19)17-21-8-12-23(13-9-21)26(30)27-24-14-10-22(11-15-24)18-31-25-6-4-3-5-7-25/h3-16H,17-18H2,1-2H3,(H,27,30). The average molecular weight is 428 g/mol. The van der Waals surface area contributed by atoms with Gasteiger partial charge in [-0.2, -0.15) is 5.10 Å². The smallest absolute Gasteiger partial charge is 0.255 e. The van der Waals surface area contributed by atoms with Crippen molar-refractivity contribution in [2.45, 2.75) is 31.0 Å². The van der Waals surface area contributed by atoms with E-state index >= 15 is 0 Å². The van der Waals surface area contributed by atoms with Gasteiger partial charge in [0.15, 0.2) is 0 Å². The van der Waals surface area contributed by atoms with Crippen molar-refractivity contribution in [3.05, 3.63) is 113 Å². The number of hydrogen-bond acceptors (Lipinski definition) is 3. The number of rotatable bonds is 7. The van der Waals surface area contributed by atoms with Crippen molar-refractivity contribution in [3.8, 4) is 0 Å². The maximum Gasteiger partial charge on any atom is 0.255 e. The van der Waals surface area contributed by atoms with E-state index in [2.05, 4.69) is 40.7 Å². The van der Waals surface area contributed by atoms with E-state index < -0.39 is 0 Å². The molecule has 0 aliphatic heterocycles. The molecule has 0 atom stereocenters. The molecule has 1 N–H and O–H groups in total. The molecule has 4 rings (SSSR count). The highest BCUT2D eigenvalue weighted by atomic mass is 32.2. The summed E-state index contributed by atoms with van der Waals surface area (Å²) in [5, 5.41) is 7.47. The minimum absolute atomic E-state index is 0.107. The van der Waals surface area contributed by atoms with Gasteiger partial charge in [0.25, 0.3) is 5.91 Å². The second kappa shape index (κ2) is 9.67. The first-order valence-electron chi connectivity index (χ1n) is 10.2. The lowest BCUT2D eigenvalue weighted by Gasteiger charge is -2.08. The molecule has 0 fully saturated rings. The number of nitrogens with one attached hydrogen (secondary N) is 1. The fourth-order valence-corrected chi connectivity index (χ4v) is 4.22. The molecule has 1 heterocycles. The van der Waals surface area contributed by atoms with Crippen molar-refractivity contribution in [3.63, 3.8) is 0 Å². The molecule has 0 saturated heterocycles. The van der Waals surface area contributed by atoms with Crippen LogP contribution in [0.3, 0.4) is 0 Å². The molecule has 0 aliphatic carbocycles. The number of thioether (sulfide) groups is 1. The number of amides is 1.